The molecule has 0 unspecified atom stereocenters. The van der Waals surface area contributed by atoms with Crippen LogP contribution in [0.4, 0.5) is 5.69 Å². The number of carboxylic acid groups (broad SMARTS) is 1. The lowest BCUT2D eigenvalue weighted by Gasteiger charge is -2.24. The molecule has 0 heterocycles. The molecule has 2 aromatic carbocycles. The smallest absolute Gasteiger partial charge is 0.305 e. The number of hydrogen-bond acceptors (Lipinski definition) is 4. The summed E-state index contributed by atoms with van der Waals surface area (Å²) in [5.74, 6) is -0.694. The van der Waals surface area contributed by atoms with E-state index in [9.17, 15) is 13.2 Å². The SMILES string of the molecule is C=CCOc1cccc(N(CCC(=O)O)S(=O)(=O)c2ccc(Cl)c(Cl)c2)c1. The molecular weight excluding hydrogens is 413 g/mol. The quantitative estimate of drug-likeness (QED) is 0.602. The van der Waals surface area contributed by atoms with Crippen molar-refractivity contribution in [1.29, 1.82) is 0 Å². The summed E-state index contributed by atoms with van der Waals surface area (Å²) in [6.45, 7) is 3.54. The molecule has 0 saturated carbocycles. The van der Waals surface area contributed by atoms with Gasteiger partial charge in [0.25, 0.3) is 10.0 Å². The van der Waals surface area contributed by atoms with Crippen LogP contribution in [0.5, 0.6) is 5.75 Å². The van der Waals surface area contributed by atoms with Crippen molar-refractivity contribution in [1.82, 2.24) is 0 Å². The van der Waals surface area contributed by atoms with Crippen LogP contribution in [0.3, 0.4) is 0 Å². The zero-order valence-electron chi connectivity index (χ0n) is 14.1. The Labute approximate surface area is 167 Å². The minimum atomic E-state index is -4.08. The molecule has 0 atom stereocenters. The molecular formula is C18H17Cl2NO5S. The topological polar surface area (TPSA) is 83.9 Å². The number of rotatable bonds is 9. The number of hydrogen-bond donors (Lipinski definition) is 1. The highest BCUT2D eigenvalue weighted by Crippen LogP contribution is 2.30. The molecule has 0 fully saturated rings. The maximum atomic E-state index is 13.1. The summed E-state index contributed by atoms with van der Waals surface area (Å²) < 4.78 is 32.6. The lowest BCUT2D eigenvalue weighted by molar-refractivity contribution is -0.136. The highest BCUT2D eigenvalue weighted by Gasteiger charge is 2.26. The van der Waals surface area contributed by atoms with Gasteiger partial charge < -0.3 is 9.84 Å². The van der Waals surface area contributed by atoms with Crippen molar-refractivity contribution < 1.29 is 23.1 Å². The number of halogens is 2. The fourth-order valence-electron chi connectivity index (χ4n) is 2.23. The van der Waals surface area contributed by atoms with Crippen molar-refractivity contribution >= 4 is 44.9 Å². The summed E-state index contributed by atoms with van der Waals surface area (Å²) in [6.07, 6.45) is 1.18. The van der Waals surface area contributed by atoms with E-state index >= 15 is 0 Å². The largest absolute Gasteiger partial charge is 0.489 e. The highest BCUT2D eigenvalue weighted by molar-refractivity contribution is 7.92. The molecule has 2 aromatic rings. The summed E-state index contributed by atoms with van der Waals surface area (Å²) in [5, 5.41) is 9.30. The van der Waals surface area contributed by atoms with E-state index in [-0.39, 0.29) is 40.2 Å². The van der Waals surface area contributed by atoms with Gasteiger partial charge >= 0.3 is 5.97 Å². The zero-order valence-corrected chi connectivity index (χ0v) is 16.5. The average molecular weight is 430 g/mol. The molecule has 27 heavy (non-hydrogen) atoms. The Morgan fingerprint density at radius 3 is 2.56 bits per heavy atom. The maximum absolute atomic E-state index is 13.1. The Morgan fingerprint density at radius 2 is 1.93 bits per heavy atom. The monoisotopic (exact) mass is 429 g/mol. The van der Waals surface area contributed by atoms with Gasteiger partial charge in [-0.2, -0.15) is 0 Å². The highest BCUT2D eigenvalue weighted by atomic mass is 35.5. The van der Waals surface area contributed by atoms with Gasteiger partial charge in [-0.3, -0.25) is 9.10 Å². The van der Waals surface area contributed by atoms with E-state index in [0.29, 0.717) is 5.75 Å². The van der Waals surface area contributed by atoms with Gasteiger partial charge in [-0.15, -0.1) is 0 Å². The van der Waals surface area contributed by atoms with Crippen molar-refractivity contribution in [2.45, 2.75) is 11.3 Å². The molecule has 2 rings (SSSR count). The number of ether oxygens (including phenoxy) is 1. The molecule has 0 spiro atoms. The Morgan fingerprint density at radius 1 is 1.19 bits per heavy atom. The molecule has 0 radical (unpaired) electrons. The average Bonchev–Trinajstić information content (AvgIpc) is 2.62. The minimum Gasteiger partial charge on any atom is -0.489 e. The van der Waals surface area contributed by atoms with Gasteiger partial charge in [0.1, 0.15) is 12.4 Å². The lowest BCUT2D eigenvalue weighted by atomic mass is 10.3. The minimum absolute atomic E-state index is 0.0824. The number of anilines is 1. The van der Waals surface area contributed by atoms with Crippen LogP contribution in [0.25, 0.3) is 0 Å². The fourth-order valence-corrected chi connectivity index (χ4v) is 4.08. The molecule has 0 saturated heterocycles. The Kier molecular flexibility index (Phi) is 7.12. The van der Waals surface area contributed by atoms with Gasteiger partial charge in [-0.25, -0.2) is 8.42 Å². The Balaban J connectivity index is 2.48. The van der Waals surface area contributed by atoms with Gasteiger partial charge in [0.15, 0.2) is 0 Å². The number of aliphatic carboxylic acids is 1. The maximum Gasteiger partial charge on any atom is 0.305 e. The summed E-state index contributed by atoms with van der Waals surface area (Å²) in [5.41, 5.74) is 0.267. The van der Waals surface area contributed by atoms with Gasteiger partial charge in [0.05, 0.1) is 27.0 Å². The first-order chi connectivity index (χ1) is 12.8. The van der Waals surface area contributed by atoms with E-state index in [2.05, 4.69) is 6.58 Å². The lowest BCUT2D eigenvalue weighted by Crippen LogP contribution is -2.33. The second kappa shape index (κ2) is 9.12. The van der Waals surface area contributed by atoms with Crippen LogP contribution in [0.2, 0.25) is 10.0 Å². The van der Waals surface area contributed by atoms with Crippen LogP contribution >= 0.6 is 23.2 Å². The number of nitrogens with zero attached hydrogens (tertiary/aromatic N) is 1. The summed E-state index contributed by atoms with van der Waals surface area (Å²) >= 11 is 11.8. The van der Waals surface area contributed by atoms with Crippen molar-refractivity contribution in [3.8, 4) is 5.75 Å². The summed E-state index contributed by atoms with van der Waals surface area (Å²) in [7, 11) is -4.08. The number of sulfonamides is 1. The molecule has 0 bridgehead atoms. The van der Waals surface area contributed by atoms with E-state index < -0.39 is 16.0 Å². The van der Waals surface area contributed by atoms with Crippen LogP contribution in [0, 0.1) is 0 Å². The van der Waals surface area contributed by atoms with Crippen LogP contribution < -0.4 is 9.04 Å². The third kappa shape index (κ3) is 5.38. The molecule has 1 N–H and O–H groups in total. The second-order valence-corrected chi connectivity index (χ2v) is 8.07. The normalized spacial score (nSPS) is 11.0. The fraction of sp³-hybridized carbons (Fsp3) is 0.167. The van der Waals surface area contributed by atoms with Crippen molar-refractivity contribution in [3.63, 3.8) is 0 Å². The first-order valence-electron chi connectivity index (χ1n) is 7.79. The summed E-state index contributed by atoms with van der Waals surface area (Å²) in [6, 6.07) is 10.3. The molecule has 0 aromatic heterocycles. The number of carbonyl (C=O) groups is 1. The number of benzene rings is 2. The van der Waals surface area contributed by atoms with Crippen LogP contribution in [0.1, 0.15) is 6.42 Å². The van der Waals surface area contributed by atoms with E-state index in [0.717, 1.165) is 4.31 Å². The molecule has 144 valence electrons. The van der Waals surface area contributed by atoms with Crippen LogP contribution in [0.15, 0.2) is 60.0 Å². The van der Waals surface area contributed by atoms with E-state index in [1.807, 2.05) is 0 Å². The first kappa shape index (κ1) is 21.1. The summed E-state index contributed by atoms with van der Waals surface area (Å²) in [4.78, 5) is 10.9. The van der Waals surface area contributed by atoms with Crippen LogP contribution in [-0.2, 0) is 14.8 Å². The van der Waals surface area contributed by atoms with Crippen molar-refractivity contribution in [3.05, 3.63) is 65.2 Å². The molecule has 0 aliphatic rings. The molecule has 6 nitrogen and oxygen atoms in total. The predicted octanol–water partition coefficient (Wildman–Crippen LogP) is 4.23. The molecule has 0 aliphatic carbocycles. The molecule has 0 amide bonds. The predicted molar refractivity (Wildman–Crippen MR) is 105 cm³/mol. The molecule has 9 heteroatoms. The van der Waals surface area contributed by atoms with Gasteiger partial charge in [0, 0.05) is 12.6 Å². The second-order valence-electron chi connectivity index (χ2n) is 5.39. The van der Waals surface area contributed by atoms with E-state index in [1.54, 1.807) is 24.3 Å². The van der Waals surface area contributed by atoms with E-state index in [4.69, 9.17) is 33.0 Å². The Bertz CT molecular complexity index is 947. The van der Waals surface area contributed by atoms with Gasteiger partial charge in [-0.05, 0) is 30.3 Å². The van der Waals surface area contributed by atoms with Crippen LogP contribution in [-0.4, -0.2) is 32.6 Å². The molecule has 0 aliphatic heterocycles. The number of carboxylic acids is 1. The van der Waals surface area contributed by atoms with Gasteiger partial charge in [-0.1, -0.05) is 41.9 Å². The van der Waals surface area contributed by atoms with E-state index in [1.165, 1.54) is 24.3 Å². The first-order valence-corrected chi connectivity index (χ1v) is 9.98. The Hall–Kier alpha value is -2.22. The van der Waals surface area contributed by atoms with Gasteiger partial charge in [0.2, 0.25) is 0 Å². The van der Waals surface area contributed by atoms with Crippen molar-refractivity contribution in [2.24, 2.45) is 0 Å². The third-order valence-corrected chi connectivity index (χ3v) is 6.04. The standard InChI is InChI=1S/C18H17Cl2NO5S/c1-2-10-26-14-5-3-4-13(11-14)21(9-8-18(22)23)27(24,25)15-6-7-16(19)17(20)12-15/h2-7,11-12H,1,8-10H2,(H,22,23). The third-order valence-electron chi connectivity index (χ3n) is 3.48. The van der Waals surface area contributed by atoms with Crippen molar-refractivity contribution in [2.75, 3.05) is 17.5 Å². The zero-order chi connectivity index (χ0) is 20.0.